The molecule has 0 saturated carbocycles. The van der Waals surface area contributed by atoms with Crippen molar-refractivity contribution in [3.05, 3.63) is 0 Å². The number of hydrogen-bond donors (Lipinski definition) is 1. The first-order chi connectivity index (χ1) is 8.16. The zero-order valence-corrected chi connectivity index (χ0v) is 11.0. The van der Waals surface area contributed by atoms with E-state index in [2.05, 4.69) is 36.9 Å². The van der Waals surface area contributed by atoms with Gasteiger partial charge < -0.3 is 5.32 Å². The number of amides is 1. The van der Waals surface area contributed by atoms with Crippen molar-refractivity contribution >= 4 is 5.91 Å². The monoisotopic (exact) mass is 233 g/mol. The molecule has 0 fully saturated rings. The summed E-state index contributed by atoms with van der Waals surface area (Å²) in [5.74, 6) is 8.55. The fourth-order valence-electron chi connectivity index (χ4n) is 1.44. The minimum atomic E-state index is 0.152. The number of rotatable bonds is 8. The van der Waals surface area contributed by atoms with Crippen LogP contribution in [0.2, 0.25) is 0 Å². The molecule has 0 heterocycles. The molecule has 1 N–H and O–H groups in total. The van der Waals surface area contributed by atoms with Gasteiger partial charge >= 0.3 is 0 Å². The smallest absolute Gasteiger partial charge is 0.219 e. The Labute approximate surface area is 106 Å². The van der Waals surface area contributed by atoms with E-state index in [0.29, 0.717) is 12.3 Å². The average Bonchev–Trinajstić information content (AvgIpc) is 2.29. The predicted octanol–water partition coefficient (Wildman–Crippen LogP) is 2.74. The van der Waals surface area contributed by atoms with Crippen molar-refractivity contribution in [2.45, 2.75) is 52.4 Å². The van der Waals surface area contributed by atoms with Gasteiger partial charge in [0.15, 0.2) is 0 Å². The van der Waals surface area contributed by atoms with E-state index in [1.54, 1.807) is 0 Å². The molecular weight excluding hydrogens is 210 g/mol. The van der Waals surface area contributed by atoms with Gasteiger partial charge in [-0.3, -0.25) is 4.79 Å². The number of carbonyl (C=O) groups is 1. The Kier molecular flexibility index (Phi) is 10.2. The number of nitrogens with one attached hydrogen (secondary N) is 1. The molecule has 0 aromatic rings. The summed E-state index contributed by atoms with van der Waals surface area (Å²) in [6, 6.07) is 0. The molecule has 94 valence electrons. The predicted molar refractivity (Wildman–Crippen MR) is 72.2 cm³/mol. The number of carbonyl (C=O) groups excluding carboxylic acids is 1. The van der Waals surface area contributed by atoms with Crippen molar-refractivity contribution in [3.63, 3.8) is 0 Å². The Morgan fingerprint density at radius 2 is 2.06 bits per heavy atom. The summed E-state index contributed by atoms with van der Waals surface area (Å²) in [7, 11) is 0. The molecule has 0 atom stereocenters. The molecule has 0 radical (unpaired) electrons. The molecule has 0 rings (SSSR count). The van der Waals surface area contributed by atoms with Gasteiger partial charge in [0, 0.05) is 19.4 Å². The SMILES string of the molecule is C#CC#CCCCCC(=O)NCCCC(C)C. The van der Waals surface area contributed by atoms with Gasteiger partial charge in [-0.25, -0.2) is 0 Å². The molecular formula is C15H23NO. The first-order valence-electron chi connectivity index (χ1n) is 6.37. The highest BCUT2D eigenvalue weighted by Crippen LogP contribution is 2.02. The summed E-state index contributed by atoms with van der Waals surface area (Å²) in [4.78, 5) is 11.4. The van der Waals surface area contributed by atoms with Crippen LogP contribution in [0, 0.1) is 30.1 Å². The summed E-state index contributed by atoms with van der Waals surface area (Å²) in [6.07, 6.45) is 10.4. The Hall–Kier alpha value is -1.41. The molecule has 1 amide bonds. The quantitative estimate of drug-likeness (QED) is 0.507. The Bertz CT molecular complexity index is 301. The van der Waals surface area contributed by atoms with Gasteiger partial charge in [-0.05, 0) is 43.4 Å². The molecule has 0 aromatic carbocycles. The third kappa shape index (κ3) is 12.5. The summed E-state index contributed by atoms with van der Waals surface area (Å²) in [5.41, 5.74) is 0. The lowest BCUT2D eigenvalue weighted by molar-refractivity contribution is -0.121. The second-order valence-corrected chi connectivity index (χ2v) is 4.54. The molecule has 0 aliphatic rings. The number of unbranched alkanes of at least 4 members (excludes halogenated alkanes) is 2. The molecule has 2 nitrogen and oxygen atoms in total. The fraction of sp³-hybridized carbons (Fsp3) is 0.667. The number of hydrogen-bond acceptors (Lipinski definition) is 1. The average molecular weight is 233 g/mol. The second-order valence-electron chi connectivity index (χ2n) is 4.54. The van der Waals surface area contributed by atoms with Crippen LogP contribution in [0.5, 0.6) is 0 Å². The van der Waals surface area contributed by atoms with Crippen LogP contribution in [0.1, 0.15) is 52.4 Å². The van der Waals surface area contributed by atoms with Crippen LogP contribution in [0.25, 0.3) is 0 Å². The van der Waals surface area contributed by atoms with E-state index in [1.165, 1.54) is 6.42 Å². The van der Waals surface area contributed by atoms with Gasteiger partial charge in [-0.15, -0.1) is 6.42 Å². The summed E-state index contributed by atoms with van der Waals surface area (Å²) < 4.78 is 0. The van der Waals surface area contributed by atoms with E-state index in [9.17, 15) is 4.79 Å². The van der Waals surface area contributed by atoms with Gasteiger partial charge in [0.05, 0.1) is 0 Å². The minimum absolute atomic E-state index is 0.152. The van der Waals surface area contributed by atoms with Crippen LogP contribution in [0.15, 0.2) is 0 Å². The van der Waals surface area contributed by atoms with Gasteiger partial charge in [-0.2, -0.15) is 0 Å². The lowest BCUT2D eigenvalue weighted by Crippen LogP contribution is -2.24. The van der Waals surface area contributed by atoms with Crippen LogP contribution >= 0.6 is 0 Å². The Morgan fingerprint density at radius 1 is 1.29 bits per heavy atom. The van der Waals surface area contributed by atoms with Gasteiger partial charge in [0.1, 0.15) is 0 Å². The van der Waals surface area contributed by atoms with E-state index < -0.39 is 0 Å². The van der Waals surface area contributed by atoms with E-state index in [-0.39, 0.29) is 5.91 Å². The normalized spacial score (nSPS) is 9.29. The van der Waals surface area contributed by atoms with Gasteiger partial charge in [0.2, 0.25) is 5.91 Å². The van der Waals surface area contributed by atoms with Crippen LogP contribution in [0.3, 0.4) is 0 Å². The second kappa shape index (κ2) is 11.1. The summed E-state index contributed by atoms with van der Waals surface area (Å²) in [6.45, 7) is 5.19. The molecule has 0 bridgehead atoms. The maximum Gasteiger partial charge on any atom is 0.219 e. The molecule has 0 spiro atoms. The first-order valence-corrected chi connectivity index (χ1v) is 6.37. The Morgan fingerprint density at radius 3 is 2.71 bits per heavy atom. The van der Waals surface area contributed by atoms with E-state index in [1.807, 2.05) is 0 Å². The minimum Gasteiger partial charge on any atom is -0.356 e. The molecule has 0 saturated heterocycles. The highest BCUT2D eigenvalue weighted by atomic mass is 16.1. The number of terminal acetylenes is 1. The third-order valence-electron chi connectivity index (χ3n) is 2.40. The van der Waals surface area contributed by atoms with Crippen LogP contribution in [-0.4, -0.2) is 12.5 Å². The highest BCUT2D eigenvalue weighted by Gasteiger charge is 2.00. The van der Waals surface area contributed by atoms with Crippen molar-refractivity contribution < 1.29 is 4.79 Å². The standard InChI is InChI=1S/C15H23NO/c1-4-5-6-7-8-9-12-15(17)16-13-10-11-14(2)3/h1,14H,7-13H2,2-3H3,(H,16,17). The van der Waals surface area contributed by atoms with E-state index >= 15 is 0 Å². The lowest BCUT2D eigenvalue weighted by atomic mass is 10.1. The van der Waals surface area contributed by atoms with Crippen LogP contribution in [-0.2, 0) is 4.79 Å². The summed E-state index contributed by atoms with van der Waals surface area (Å²) >= 11 is 0. The van der Waals surface area contributed by atoms with Crippen molar-refractivity contribution in [2.24, 2.45) is 5.92 Å². The maximum absolute atomic E-state index is 11.4. The van der Waals surface area contributed by atoms with Gasteiger partial charge in [0.25, 0.3) is 0 Å². The zero-order valence-electron chi connectivity index (χ0n) is 11.0. The third-order valence-corrected chi connectivity index (χ3v) is 2.40. The molecule has 2 heteroatoms. The molecule has 0 aromatic heterocycles. The zero-order chi connectivity index (χ0) is 12.9. The van der Waals surface area contributed by atoms with Crippen LogP contribution < -0.4 is 5.32 Å². The molecule has 0 aliphatic carbocycles. The van der Waals surface area contributed by atoms with E-state index in [4.69, 9.17) is 6.42 Å². The molecule has 0 aliphatic heterocycles. The van der Waals surface area contributed by atoms with E-state index in [0.717, 1.165) is 32.2 Å². The van der Waals surface area contributed by atoms with Crippen molar-refractivity contribution in [1.29, 1.82) is 0 Å². The first kappa shape index (κ1) is 15.6. The fourth-order valence-corrected chi connectivity index (χ4v) is 1.44. The molecule has 17 heavy (non-hydrogen) atoms. The maximum atomic E-state index is 11.4. The van der Waals surface area contributed by atoms with Crippen molar-refractivity contribution in [3.8, 4) is 24.2 Å². The largest absolute Gasteiger partial charge is 0.356 e. The Balaban J connectivity index is 3.32. The topological polar surface area (TPSA) is 29.1 Å². The van der Waals surface area contributed by atoms with Crippen molar-refractivity contribution in [1.82, 2.24) is 5.32 Å². The molecule has 0 unspecified atom stereocenters. The lowest BCUT2D eigenvalue weighted by Gasteiger charge is -2.06. The summed E-state index contributed by atoms with van der Waals surface area (Å²) in [5, 5.41) is 2.93. The van der Waals surface area contributed by atoms with Gasteiger partial charge in [-0.1, -0.05) is 19.8 Å². The highest BCUT2D eigenvalue weighted by molar-refractivity contribution is 5.75. The van der Waals surface area contributed by atoms with Crippen molar-refractivity contribution in [2.75, 3.05) is 6.54 Å². The van der Waals surface area contributed by atoms with Crippen LogP contribution in [0.4, 0.5) is 0 Å².